The van der Waals surface area contributed by atoms with Crippen LogP contribution in [0.15, 0.2) is 18.2 Å². The van der Waals surface area contributed by atoms with Crippen LogP contribution in [-0.2, 0) is 0 Å². The van der Waals surface area contributed by atoms with E-state index in [1.807, 2.05) is 25.7 Å². The lowest BCUT2D eigenvalue weighted by molar-refractivity contribution is 0.0507. The zero-order valence-electron chi connectivity index (χ0n) is 13.6. The molecule has 4 rings (SSSR count). The van der Waals surface area contributed by atoms with E-state index in [4.69, 9.17) is 0 Å². The van der Waals surface area contributed by atoms with Gasteiger partial charge in [-0.15, -0.1) is 0 Å². The third-order valence-electron chi connectivity index (χ3n) is 5.07. The van der Waals surface area contributed by atoms with E-state index >= 15 is 0 Å². The maximum atomic E-state index is 12.6. The number of fused-ring (bicyclic) bond motifs is 2. The third-order valence-corrected chi connectivity index (χ3v) is 5.07. The second-order valence-electron chi connectivity index (χ2n) is 7.84. The topological polar surface area (TPSA) is 57.7 Å². The van der Waals surface area contributed by atoms with Gasteiger partial charge in [0.05, 0.1) is 11.1 Å². The van der Waals surface area contributed by atoms with Crippen molar-refractivity contribution in [1.29, 1.82) is 0 Å². The molecule has 0 radical (unpaired) electrons. The van der Waals surface area contributed by atoms with Gasteiger partial charge in [-0.3, -0.25) is 19.3 Å². The van der Waals surface area contributed by atoms with Gasteiger partial charge >= 0.3 is 0 Å². The minimum Gasteiger partial charge on any atom is -0.338 e. The Morgan fingerprint density at radius 1 is 1.04 bits per heavy atom. The van der Waals surface area contributed by atoms with Crippen molar-refractivity contribution in [1.82, 2.24) is 9.80 Å². The van der Waals surface area contributed by atoms with Crippen molar-refractivity contribution in [3.05, 3.63) is 34.9 Å². The van der Waals surface area contributed by atoms with Crippen LogP contribution in [0.2, 0.25) is 0 Å². The first kappa shape index (κ1) is 14.4. The first-order valence-corrected chi connectivity index (χ1v) is 8.09. The highest BCUT2D eigenvalue weighted by atomic mass is 16.2. The second kappa shape index (κ2) is 4.43. The Hall–Kier alpha value is -2.17. The summed E-state index contributed by atoms with van der Waals surface area (Å²) in [5.74, 6) is 0.728. The number of rotatable bonds is 1. The Kier molecular flexibility index (Phi) is 2.78. The first-order chi connectivity index (χ1) is 10.8. The van der Waals surface area contributed by atoms with Gasteiger partial charge in [0.2, 0.25) is 0 Å². The van der Waals surface area contributed by atoms with Crippen molar-refractivity contribution >= 4 is 17.7 Å². The van der Waals surface area contributed by atoms with Crippen molar-refractivity contribution in [3.8, 4) is 0 Å². The molecule has 2 aliphatic heterocycles. The molecule has 1 aliphatic carbocycles. The fourth-order valence-corrected chi connectivity index (χ4v) is 3.73. The highest BCUT2D eigenvalue weighted by molar-refractivity contribution is 6.22. The van der Waals surface area contributed by atoms with Gasteiger partial charge in [0.25, 0.3) is 17.7 Å². The van der Waals surface area contributed by atoms with Crippen molar-refractivity contribution in [2.24, 2.45) is 11.8 Å². The van der Waals surface area contributed by atoms with Gasteiger partial charge in [-0.25, -0.2) is 0 Å². The number of benzene rings is 1. The molecule has 1 aromatic carbocycles. The average molecular weight is 312 g/mol. The quantitative estimate of drug-likeness (QED) is 0.747. The number of hydrogen-bond donors (Lipinski definition) is 0. The van der Waals surface area contributed by atoms with E-state index in [9.17, 15) is 14.4 Å². The molecule has 5 heteroatoms. The van der Waals surface area contributed by atoms with Crippen LogP contribution in [0.25, 0.3) is 0 Å². The molecule has 1 aromatic rings. The molecule has 1 saturated heterocycles. The van der Waals surface area contributed by atoms with E-state index < -0.39 is 5.54 Å². The standard InChI is InChI=1S/C18H20N2O3/c1-18(2,3)20-16(22)13-5-4-10(7-14(13)17(20)23)15(21)19-8-11-6-12(11)9-19/h4-5,7,11-12H,6,8-9H2,1-3H3. The van der Waals surface area contributed by atoms with Gasteiger partial charge < -0.3 is 4.90 Å². The molecule has 2 heterocycles. The lowest BCUT2D eigenvalue weighted by atomic mass is 10.0. The maximum Gasteiger partial charge on any atom is 0.262 e. The molecule has 23 heavy (non-hydrogen) atoms. The summed E-state index contributed by atoms with van der Waals surface area (Å²) in [5.41, 5.74) is 0.668. The van der Waals surface area contributed by atoms with Gasteiger partial charge in [0.1, 0.15) is 0 Å². The van der Waals surface area contributed by atoms with Gasteiger partial charge in [-0.05, 0) is 57.2 Å². The molecule has 2 unspecified atom stereocenters. The van der Waals surface area contributed by atoms with E-state index in [-0.39, 0.29) is 17.7 Å². The van der Waals surface area contributed by atoms with Crippen LogP contribution in [0, 0.1) is 11.8 Å². The first-order valence-electron chi connectivity index (χ1n) is 8.09. The zero-order valence-corrected chi connectivity index (χ0v) is 13.6. The predicted molar refractivity (Wildman–Crippen MR) is 84.2 cm³/mol. The Morgan fingerprint density at radius 3 is 2.26 bits per heavy atom. The number of nitrogens with zero attached hydrogens (tertiary/aromatic N) is 2. The molecule has 2 fully saturated rings. The predicted octanol–water partition coefficient (Wildman–Crippen LogP) is 2.17. The highest BCUT2D eigenvalue weighted by Gasteiger charge is 2.47. The molecule has 5 nitrogen and oxygen atoms in total. The van der Waals surface area contributed by atoms with Crippen molar-refractivity contribution in [3.63, 3.8) is 0 Å². The van der Waals surface area contributed by atoms with Crippen LogP contribution in [0.5, 0.6) is 0 Å². The number of imide groups is 1. The second-order valence-corrected chi connectivity index (χ2v) is 7.84. The van der Waals surface area contributed by atoms with Crippen LogP contribution < -0.4 is 0 Å². The molecule has 0 N–H and O–H groups in total. The maximum absolute atomic E-state index is 12.6. The lowest BCUT2D eigenvalue weighted by Gasteiger charge is -2.29. The number of piperidine rings is 1. The number of hydrogen-bond acceptors (Lipinski definition) is 3. The van der Waals surface area contributed by atoms with Crippen LogP contribution in [-0.4, -0.2) is 46.1 Å². The summed E-state index contributed by atoms with van der Waals surface area (Å²) in [4.78, 5) is 40.8. The van der Waals surface area contributed by atoms with E-state index in [1.165, 1.54) is 11.3 Å². The number of amides is 3. The Labute approximate surface area is 135 Å². The monoisotopic (exact) mass is 312 g/mol. The summed E-state index contributed by atoms with van der Waals surface area (Å²) < 4.78 is 0. The normalized spacial score (nSPS) is 25.7. The summed E-state index contributed by atoms with van der Waals surface area (Å²) in [6.07, 6.45) is 1.24. The molecule has 2 atom stereocenters. The number of likely N-dealkylation sites (tertiary alicyclic amines) is 1. The molecular formula is C18H20N2O3. The fourth-order valence-electron chi connectivity index (χ4n) is 3.73. The van der Waals surface area contributed by atoms with E-state index in [2.05, 4.69) is 0 Å². The SMILES string of the molecule is CC(C)(C)N1C(=O)c2ccc(C(=O)N3CC4CC4C3)cc2C1=O. The summed E-state index contributed by atoms with van der Waals surface area (Å²) in [6, 6.07) is 4.88. The smallest absolute Gasteiger partial charge is 0.262 e. The summed E-state index contributed by atoms with van der Waals surface area (Å²) in [5, 5.41) is 0. The summed E-state index contributed by atoms with van der Waals surface area (Å²) >= 11 is 0. The van der Waals surface area contributed by atoms with E-state index in [1.54, 1.807) is 18.2 Å². The number of carbonyl (C=O) groups excluding carboxylic acids is 3. The van der Waals surface area contributed by atoms with Crippen molar-refractivity contribution in [2.75, 3.05) is 13.1 Å². The zero-order chi connectivity index (χ0) is 16.5. The lowest BCUT2D eigenvalue weighted by Crippen LogP contribution is -2.45. The minimum absolute atomic E-state index is 0.0329. The van der Waals surface area contributed by atoms with Crippen LogP contribution in [0.1, 0.15) is 58.3 Å². The van der Waals surface area contributed by atoms with Crippen LogP contribution in [0.4, 0.5) is 0 Å². The molecular weight excluding hydrogens is 292 g/mol. The third kappa shape index (κ3) is 2.10. The Balaban J connectivity index is 1.65. The van der Waals surface area contributed by atoms with E-state index in [0.29, 0.717) is 28.5 Å². The molecule has 1 saturated carbocycles. The molecule has 0 bridgehead atoms. The molecule has 3 aliphatic rings. The van der Waals surface area contributed by atoms with Crippen LogP contribution in [0.3, 0.4) is 0 Å². The molecule has 0 aromatic heterocycles. The van der Waals surface area contributed by atoms with Gasteiger partial charge in [-0.2, -0.15) is 0 Å². The summed E-state index contributed by atoms with van der Waals surface area (Å²) in [6.45, 7) is 7.13. The van der Waals surface area contributed by atoms with Crippen LogP contribution >= 0.6 is 0 Å². The largest absolute Gasteiger partial charge is 0.338 e. The Bertz CT molecular complexity index is 737. The fraction of sp³-hybridized carbons (Fsp3) is 0.500. The van der Waals surface area contributed by atoms with Gasteiger partial charge in [-0.1, -0.05) is 0 Å². The minimum atomic E-state index is -0.576. The summed E-state index contributed by atoms with van der Waals surface area (Å²) in [7, 11) is 0. The van der Waals surface area contributed by atoms with Gasteiger partial charge in [0, 0.05) is 24.2 Å². The van der Waals surface area contributed by atoms with E-state index in [0.717, 1.165) is 13.1 Å². The highest BCUT2D eigenvalue weighted by Crippen LogP contribution is 2.45. The Morgan fingerprint density at radius 2 is 1.65 bits per heavy atom. The van der Waals surface area contributed by atoms with Crippen molar-refractivity contribution in [2.45, 2.75) is 32.7 Å². The average Bonchev–Trinajstić information content (AvgIpc) is 3.00. The van der Waals surface area contributed by atoms with Gasteiger partial charge in [0.15, 0.2) is 0 Å². The molecule has 120 valence electrons. The molecule has 0 spiro atoms. The number of carbonyl (C=O) groups is 3. The van der Waals surface area contributed by atoms with Crippen molar-refractivity contribution < 1.29 is 14.4 Å². The molecule has 3 amide bonds.